The number of carbonyl (C=O) groups is 4. The Morgan fingerprint density at radius 2 is 0.465 bits per heavy atom. The molecule has 0 amide bonds. The number of phosphoric acid groups is 2. The van der Waals surface area contributed by atoms with Gasteiger partial charge in [0.2, 0.25) is 0 Å². The van der Waals surface area contributed by atoms with Gasteiger partial charge in [-0.15, -0.1) is 0 Å². The van der Waals surface area contributed by atoms with Crippen molar-refractivity contribution >= 4 is 39.5 Å². The molecule has 0 radical (unpaired) electrons. The molecule has 0 aromatic heterocycles. The fourth-order valence-corrected chi connectivity index (χ4v) is 13.9. The van der Waals surface area contributed by atoms with Crippen LogP contribution >= 0.6 is 15.6 Å². The number of aliphatic hydroxyl groups is 1. The second-order valence-electron chi connectivity index (χ2n) is 30.2. The SMILES string of the molecule is CCCCCCCCCCC(=O)OC[C@H](COP(=O)(O)OC[C@H](O)COP(=O)(O)OC[C@@H](COC(=O)CCCCCCCCCCCCCCCCCC(C)C)OC(=O)CCCCCCCCCCCCCCCCCC(C)C)OC(=O)CCCCCCCCCCCCCCC(C)C. The molecule has 0 aliphatic carbocycles. The van der Waals surface area contributed by atoms with Gasteiger partial charge in [0.05, 0.1) is 26.4 Å². The first-order valence-corrected chi connectivity index (χ1v) is 44.3. The Morgan fingerprint density at radius 3 is 0.687 bits per heavy atom. The molecule has 0 bridgehead atoms. The molecule has 0 spiro atoms. The molecule has 5 atom stereocenters. The zero-order chi connectivity index (χ0) is 73.0. The van der Waals surface area contributed by atoms with Crippen LogP contribution in [0, 0.1) is 17.8 Å². The number of hydrogen-bond donors (Lipinski definition) is 3. The average Bonchev–Trinajstić information content (AvgIpc) is 0.971. The van der Waals surface area contributed by atoms with Crippen molar-refractivity contribution in [3.8, 4) is 0 Å². The Morgan fingerprint density at radius 1 is 0.273 bits per heavy atom. The number of phosphoric ester groups is 2. The van der Waals surface area contributed by atoms with Crippen molar-refractivity contribution in [2.24, 2.45) is 17.8 Å². The smallest absolute Gasteiger partial charge is 0.462 e. The summed E-state index contributed by atoms with van der Waals surface area (Å²) in [5.74, 6) is 0.272. The van der Waals surface area contributed by atoms with Crippen LogP contribution in [0.5, 0.6) is 0 Å². The maximum Gasteiger partial charge on any atom is 0.472 e. The van der Waals surface area contributed by atoms with Gasteiger partial charge in [-0.3, -0.25) is 37.3 Å². The van der Waals surface area contributed by atoms with Crippen LogP contribution in [0.1, 0.15) is 414 Å². The van der Waals surface area contributed by atoms with E-state index in [1.807, 2.05) is 0 Å². The van der Waals surface area contributed by atoms with Gasteiger partial charge in [0.15, 0.2) is 12.2 Å². The molecule has 588 valence electrons. The van der Waals surface area contributed by atoms with Gasteiger partial charge in [-0.1, -0.05) is 363 Å². The van der Waals surface area contributed by atoms with Crippen molar-refractivity contribution in [1.29, 1.82) is 0 Å². The quantitative estimate of drug-likeness (QED) is 0.0222. The summed E-state index contributed by atoms with van der Waals surface area (Å²) in [6.07, 6.45) is 58.3. The topological polar surface area (TPSA) is 237 Å². The first kappa shape index (κ1) is 97.1. The highest BCUT2D eigenvalue weighted by atomic mass is 31.2. The molecule has 2 unspecified atom stereocenters. The van der Waals surface area contributed by atoms with Gasteiger partial charge in [-0.25, -0.2) is 9.13 Å². The summed E-state index contributed by atoms with van der Waals surface area (Å²) in [6.45, 7) is 12.0. The predicted molar refractivity (Wildman–Crippen MR) is 405 cm³/mol. The second-order valence-corrected chi connectivity index (χ2v) is 33.1. The van der Waals surface area contributed by atoms with Gasteiger partial charge in [0, 0.05) is 25.7 Å². The molecule has 17 nitrogen and oxygen atoms in total. The van der Waals surface area contributed by atoms with Gasteiger partial charge in [0.25, 0.3) is 0 Å². The molecule has 0 aromatic rings. The minimum Gasteiger partial charge on any atom is -0.462 e. The van der Waals surface area contributed by atoms with Crippen LogP contribution in [0.4, 0.5) is 0 Å². The number of carbonyl (C=O) groups excluding carboxylic acids is 4. The lowest BCUT2D eigenvalue weighted by Crippen LogP contribution is -2.30. The Kier molecular flexibility index (Phi) is 69.0. The number of ether oxygens (including phenoxy) is 4. The summed E-state index contributed by atoms with van der Waals surface area (Å²) in [7, 11) is -9.92. The van der Waals surface area contributed by atoms with E-state index in [0.29, 0.717) is 25.7 Å². The van der Waals surface area contributed by atoms with Gasteiger partial charge in [-0.2, -0.15) is 0 Å². The van der Waals surface area contributed by atoms with Crippen LogP contribution in [0.15, 0.2) is 0 Å². The van der Waals surface area contributed by atoms with Crippen molar-refractivity contribution in [2.75, 3.05) is 39.6 Å². The summed E-state index contributed by atoms with van der Waals surface area (Å²) < 4.78 is 68.6. The summed E-state index contributed by atoms with van der Waals surface area (Å²) in [4.78, 5) is 72.9. The minimum atomic E-state index is -4.96. The number of unbranched alkanes of at least 4 members (excludes halogenated alkanes) is 46. The molecule has 0 saturated heterocycles. The zero-order valence-corrected chi connectivity index (χ0v) is 66.8. The average molecular weight is 1450 g/mol. The number of rotatable bonds is 78. The third-order valence-electron chi connectivity index (χ3n) is 18.6. The molecule has 0 aliphatic rings. The number of hydrogen-bond acceptors (Lipinski definition) is 15. The van der Waals surface area contributed by atoms with E-state index in [1.165, 1.54) is 218 Å². The molecular formula is C80H156O17P2. The van der Waals surface area contributed by atoms with Crippen molar-refractivity contribution in [3.05, 3.63) is 0 Å². The summed E-state index contributed by atoms with van der Waals surface area (Å²) in [5.41, 5.74) is 0. The first-order valence-electron chi connectivity index (χ1n) is 41.3. The third kappa shape index (κ3) is 74.1. The van der Waals surface area contributed by atoms with Crippen LogP contribution in [0.25, 0.3) is 0 Å². The molecule has 0 fully saturated rings. The highest BCUT2D eigenvalue weighted by Crippen LogP contribution is 2.45. The Hall–Kier alpha value is -1.94. The second kappa shape index (κ2) is 70.4. The number of esters is 4. The lowest BCUT2D eigenvalue weighted by Gasteiger charge is -2.21. The standard InChI is InChI=1S/C80H156O17P2/c1-8-9-10-11-12-40-47-54-61-77(82)90-67-75(96-80(85)64-57-50-43-36-30-24-23-27-33-39-46-53-60-73(6)7)69-94-98(86,87)92-65-74(81)66-93-99(88,89)95-70-76(97-79(84)63-56-49-42-35-29-22-18-14-16-20-26-32-38-45-52-59-72(4)5)68-91-78(83)62-55-48-41-34-28-21-17-13-15-19-25-31-37-44-51-58-71(2)3/h71-76,81H,8-70H2,1-7H3,(H,86,87)(H,88,89)/t74-,75+,76+/m0/s1. The molecule has 99 heavy (non-hydrogen) atoms. The Labute approximate surface area is 607 Å². The van der Waals surface area contributed by atoms with Crippen LogP contribution in [0.2, 0.25) is 0 Å². The summed E-state index contributed by atoms with van der Waals surface area (Å²) in [5, 5.41) is 10.6. The summed E-state index contributed by atoms with van der Waals surface area (Å²) >= 11 is 0. The van der Waals surface area contributed by atoms with Crippen LogP contribution in [-0.4, -0.2) is 96.7 Å². The fraction of sp³-hybridized carbons (Fsp3) is 0.950. The van der Waals surface area contributed by atoms with E-state index in [4.69, 9.17) is 37.0 Å². The first-order chi connectivity index (χ1) is 47.7. The zero-order valence-electron chi connectivity index (χ0n) is 65.0. The lowest BCUT2D eigenvalue weighted by molar-refractivity contribution is -0.161. The molecule has 0 saturated carbocycles. The highest BCUT2D eigenvalue weighted by molar-refractivity contribution is 7.47. The van der Waals surface area contributed by atoms with Gasteiger partial charge in [0.1, 0.15) is 19.3 Å². The van der Waals surface area contributed by atoms with E-state index in [9.17, 15) is 43.2 Å². The van der Waals surface area contributed by atoms with E-state index in [-0.39, 0.29) is 25.7 Å². The lowest BCUT2D eigenvalue weighted by atomic mass is 10.0. The summed E-state index contributed by atoms with van der Waals surface area (Å²) in [6, 6.07) is 0. The third-order valence-corrected chi connectivity index (χ3v) is 20.5. The van der Waals surface area contributed by atoms with E-state index < -0.39 is 97.5 Å². The maximum atomic E-state index is 13.1. The molecule has 0 heterocycles. The van der Waals surface area contributed by atoms with E-state index >= 15 is 0 Å². The molecule has 0 aromatic carbocycles. The molecule has 0 rings (SSSR count). The van der Waals surface area contributed by atoms with Gasteiger partial charge < -0.3 is 33.8 Å². The molecule has 19 heteroatoms. The van der Waals surface area contributed by atoms with E-state index in [2.05, 4.69) is 48.5 Å². The minimum absolute atomic E-state index is 0.107. The van der Waals surface area contributed by atoms with Crippen molar-refractivity contribution in [1.82, 2.24) is 0 Å². The number of aliphatic hydroxyl groups excluding tert-OH is 1. The van der Waals surface area contributed by atoms with Crippen LogP contribution in [-0.2, 0) is 65.4 Å². The van der Waals surface area contributed by atoms with Crippen molar-refractivity contribution < 1.29 is 80.2 Å². The van der Waals surface area contributed by atoms with Crippen LogP contribution < -0.4 is 0 Å². The highest BCUT2D eigenvalue weighted by Gasteiger charge is 2.30. The normalized spacial score (nSPS) is 14.0. The molecule has 3 N–H and O–H groups in total. The van der Waals surface area contributed by atoms with Crippen LogP contribution in [0.3, 0.4) is 0 Å². The van der Waals surface area contributed by atoms with Crippen molar-refractivity contribution in [3.63, 3.8) is 0 Å². The predicted octanol–water partition coefficient (Wildman–Crippen LogP) is 23.7. The van der Waals surface area contributed by atoms with Gasteiger partial charge >= 0.3 is 39.5 Å². The van der Waals surface area contributed by atoms with E-state index in [0.717, 1.165) is 114 Å². The van der Waals surface area contributed by atoms with Gasteiger partial charge in [-0.05, 0) is 43.4 Å². The monoisotopic (exact) mass is 1450 g/mol. The Bertz CT molecular complexity index is 1920. The van der Waals surface area contributed by atoms with E-state index in [1.54, 1.807) is 0 Å². The maximum absolute atomic E-state index is 13.1. The Balaban J connectivity index is 5.21. The largest absolute Gasteiger partial charge is 0.472 e. The molecule has 0 aliphatic heterocycles. The van der Waals surface area contributed by atoms with Crippen molar-refractivity contribution in [2.45, 2.75) is 433 Å². The molecular weight excluding hydrogens is 1290 g/mol. The fourth-order valence-electron chi connectivity index (χ4n) is 12.3.